The van der Waals surface area contributed by atoms with Crippen molar-refractivity contribution < 1.29 is 13.2 Å². The molecule has 0 aromatic carbocycles. The Hall–Kier alpha value is -0.970. The number of nitrogens with one attached hydrogen (secondary N) is 1. The Kier molecular flexibility index (Phi) is 2.14. The van der Waals surface area contributed by atoms with Crippen molar-refractivity contribution >= 4 is 11.6 Å². The van der Waals surface area contributed by atoms with Gasteiger partial charge in [-0.25, -0.2) is 0 Å². The van der Waals surface area contributed by atoms with E-state index in [0.29, 0.717) is 12.3 Å². The van der Waals surface area contributed by atoms with Crippen LogP contribution in [-0.4, -0.2) is 4.98 Å². The van der Waals surface area contributed by atoms with Crippen LogP contribution in [0.15, 0.2) is 17.1 Å². The fraction of sp³-hybridized carbons (Fsp3) is 0.167. The van der Waals surface area contributed by atoms with Gasteiger partial charge in [0.15, 0.2) is 5.43 Å². The Morgan fingerprint density at radius 3 is 2.42 bits per heavy atom. The molecule has 0 radical (unpaired) electrons. The second-order valence-electron chi connectivity index (χ2n) is 2.06. The lowest BCUT2D eigenvalue weighted by molar-refractivity contribution is -0.138. The molecule has 0 saturated carbocycles. The van der Waals surface area contributed by atoms with E-state index in [-0.39, 0.29) is 5.15 Å². The lowest BCUT2D eigenvalue weighted by atomic mass is 10.3. The van der Waals surface area contributed by atoms with Gasteiger partial charge in [-0.3, -0.25) is 4.79 Å². The Balaban J connectivity index is 3.29. The Labute approximate surface area is 70.0 Å². The molecule has 0 unspecified atom stereocenters. The van der Waals surface area contributed by atoms with E-state index in [1.165, 1.54) is 0 Å². The number of H-pyrrole nitrogens is 1. The third-order valence-corrected chi connectivity index (χ3v) is 1.40. The summed E-state index contributed by atoms with van der Waals surface area (Å²) in [5.41, 5.74) is -2.38. The van der Waals surface area contributed by atoms with Crippen LogP contribution in [0.1, 0.15) is 5.56 Å². The summed E-state index contributed by atoms with van der Waals surface area (Å²) in [4.78, 5) is 12.8. The highest BCUT2D eigenvalue weighted by molar-refractivity contribution is 6.29. The zero-order valence-electron chi connectivity index (χ0n) is 5.57. The summed E-state index contributed by atoms with van der Waals surface area (Å²) in [5, 5.41) is -0.118. The van der Waals surface area contributed by atoms with E-state index in [4.69, 9.17) is 11.6 Å². The molecule has 1 heterocycles. The van der Waals surface area contributed by atoms with Crippen molar-refractivity contribution in [2.24, 2.45) is 0 Å². The molecule has 1 N–H and O–H groups in total. The zero-order chi connectivity index (χ0) is 9.35. The Morgan fingerprint density at radius 2 is 2.00 bits per heavy atom. The standard InChI is InChI=1S/C6H3ClF3NO/c7-5-1-4(12)3(2-11-5)6(8,9)10/h1-2H,(H,11,12). The number of alkyl halides is 3. The molecule has 1 aromatic rings. The van der Waals surface area contributed by atoms with E-state index in [1.807, 2.05) is 0 Å². The highest BCUT2D eigenvalue weighted by Gasteiger charge is 2.33. The normalized spacial score (nSPS) is 11.7. The first-order valence-electron chi connectivity index (χ1n) is 2.86. The van der Waals surface area contributed by atoms with Crippen molar-refractivity contribution in [3.63, 3.8) is 0 Å². The third kappa shape index (κ3) is 1.79. The van der Waals surface area contributed by atoms with Crippen molar-refractivity contribution in [1.29, 1.82) is 0 Å². The number of aromatic nitrogens is 1. The topological polar surface area (TPSA) is 32.9 Å². The van der Waals surface area contributed by atoms with Gasteiger partial charge in [0.1, 0.15) is 10.7 Å². The highest BCUT2D eigenvalue weighted by Crippen LogP contribution is 2.25. The molecule has 0 bridgehead atoms. The minimum atomic E-state index is -4.63. The van der Waals surface area contributed by atoms with Gasteiger partial charge in [-0.05, 0) is 0 Å². The van der Waals surface area contributed by atoms with Crippen LogP contribution < -0.4 is 5.43 Å². The van der Waals surface area contributed by atoms with Crippen LogP contribution in [0.5, 0.6) is 0 Å². The van der Waals surface area contributed by atoms with Crippen LogP contribution in [0.4, 0.5) is 13.2 Å². The van der Waals surface area contributed by atoms with E-state index in [1.54, 1.807) is 0 Å². The fourth-order valence-electron chi connectivity index (χ4n) is 0.668. The van der Waals surface area contributed by atoms with E-state index in [9.17, 15) is 18.0 Å². The second-order valence-corrected chi connectivity index (χ2v) is 2.46. The van der Waals surface area contributed by atoms with Gasteiger partial charge in [0.05, 0.1) is 0 Å². The molecule has 2 nitrogen and oxygen atoms in total. The lowest BCUT2D eigenvalue weighted by Gasteiger charge is -2.03. The molecule has 0 amide bonds. The summed E-state index contributed by atoms with van der Waals surface area (Å²) in [6.45, 7) is 0. The molecule has 0 fully saturated rings. The van der Waals surface area contributed by atoms with Crippen LogP contribution in [0.2, 0.25) is 5.15 Å². The first kappa shape index (κ1) is 9.12. The number of hydrogen-bond donors (Lipinski definition) is 1. The summed E-state index contributed by atoms with van der Waals surface area (Å²) in [7, 11) is 0. The monoisotopic (exact) mass is 197 g/mol. The molecule has 1 rings (SSSR count). The molecule has 0 saturated heterocycles. The van der Waals surface area contributed by atoms with Gasteiger partial charge < -0.3 is 4.98 Å². The van der Waals surface area contributed by atoms with Crippen LogP contribution >= 0.6 is 11.6 Å². The van der Waals surface area contributed by atoms with Gasteiger partial charge in [0.25, 0.3) is 0 Å². The molecule has 66 valence electrons. The minimum Gasteiger partial charge on any atom is -0.352 e. The van der Waals surface area contributed by atoms with Crippen LogP contribution in [0.3, 0.4) is 0 Å². The summed E-state index contributed by atoms with van der Waals surface area (Å²) in [5.74, 6) is 0. The maximum absolute atomic E-state index is 11.9. The molecule has 1 aromatic heterocycles. The molecule has 0 aliphatic rings. The number of rotatable bonds is 0. The summed E-state index contributed by atoms with van der Waals surface area (Å²) < 4.78 is 35.8. The molecule has 12 heavy (non-hydrogen) atoms. The minimum absolute atomic E-state index is 0.118. The van der Waals surface area contributed by atoms with Gasteiger partial charge in [-0.1, -0.05) is 11.6 Å². The largest absolute Gasteiger partial charge is 0.421 e. The van der Waals surface area contributed by atoms with Gasteiger partial charge >= 0.3 is 6.18 Å². The van der Waals surface area contributed by atoms with E-state index >= 15 is 0 Å². The predicted octanol–water partition coefficient (Wildman–Crippen LogP) is 2.05. The van der Waals surface area contributed by atoms with Crippen molar-refractivity contribution in [3.05, 3.63) is 33.2 Å². The van der Waals surface area contributed by atoms with E-state index in [2.05, 4.69) is 4.98 Å². The Bertz CT molecular complexity index is 343. The van der Waals surface area contributed by atoms with Gasteiger partial charge in [-0.15, -0.1) is 0 Å². The quantitative estimate of drug-likeness (QED) is 0.635. The molecule has 0 aliphatic carbocycles. The van der Waals surface area contributed by atoms with Crippen LogP contribution in [0.25, 0.3) is 0 Å². The van der Waals surface area contributed by atoms with Crippen molar-refractivity contribution in [1.82, 2.24) is 4.98 Å². The number of hydrogen-bond acceptors (Lipinski definition) is 1. The van der Waals surface area contributed by atoms with Crippen LogP contribution in [-0.2, 0) is 6.18 Å². The lowest BCUT2D eigenvalue weighted by Crippen LogP contribution is -2.18. The first-order valence-corrected chi connectivity index (χ1v) is 3.24. The maximum Gasteiger partial charge on any atom is 0.421 e. The van der Waals surface area contributed by atoms with Gasteiger partial charge in [-0.2, -0.15) is 13.2 Å². The van der Waals surface area contributed by atoms with Crippen LogP contribution in [0, 0.1) is 0 Å². The maximum atomic E-state index is 11.9. The van der Waals surface area contributed by atoms with E-state index < -0.39 is 17.2 Å². The number of aromatic amines is 1. The van der Waals surface area contributed by atoms with Gasteiger partial charge in [0, 0.05) is 12.3 Å². The van der Waals surface area contributed by atoms with Gasteiger partial charge in [0.2, 0.25) is 0 Å². The molecule has 0 aliphatic heterocycles. The third-order valence-electron chi connectivity index (χ3n) is 1.18. The molecular weight excluding hydrogens is 195 g/mol. The zero-order valence-corrected chi connectivity index (χ0v) is 6.33. The fourth-order valence-corrected chi connectivity index (χ4v) is 0.822. The highest BCUT2D eigenvalue weighted by atomic mass is 35.5. The molecule has 0 atom stereocenters. The summed E-state index contributed by atoms with van der Waals surface area (Å²) in [6, 6.07) is 0.685. The average Bonchev–Trinajstić information content (AvgIpc) is 1.83. The smallest absolute Gasteiger partial charge is 0.352 e. The molecular formula is C6H3ClF3NO. The van der Waals surface area contributed by atoms with Crippen molar-refractivity contribution in [2.75, 3.05) is 0 Å². The predicted molar refractivity (Wildman–Crippen MR) is 37.1 cm³/mol. The van der Waals surface area contributed by atoms with Crippen molar-refractivity contribution in [2.45, 2.75) is 6.18 Å². The molecule has 0 spiro atoms. The number of halogens is 4. The van der Waals surface area contributed by atoms with Crippen molar-refractivity contribution in [3.8, 4) is 0 Å². The first-order chi connectivity index (χ1) is 5.41. The average molecular weight is 198 g/mol. The summed E-state index contributed by atoms with van der Waals surface area (Å²) >= 11 is 5.24. The molecule has 6 heteroatoms. The SMILES string of the molecule is O=c1cc(Cl)[nH]cc1C(F)(F)F. The second kappa shape index (κ2) is 2.82. The number of pyridine rings is 1. The summed E-state index contributed by atoms with van der Waals surface area (Å²) in [6.07, 6.45) is -4.08. The van der Waals surface area contributed by atoms with E-state index in [0.717, 1.165) is 0 Å². The Morgan fingerprint density at radius 1 is 1.42 bits per heavy atom.